The van der Waals surface area contributed by atoms with Gasteiger partial charge in [-0.2, -0.15) is 0 Å². The average molecular weight is 210 g/mol. The van der Waals surface area contributed by atoms with Crippen molar-refractivity contribution in [2.45, 2.75) is 38.0 Å². The largest absolute Gasteiger partial charge is 0.261 e. The van der Waals surface area contributed by atoms with Crippen LogP contribution in [0.1, 0.15) is 42.9 Å². The molecule has 0 N–H and O–H groups in total. The molecule has 1 aliphatic carbocycles. The fourth-order valence-corrected chi connectivity index (χ4v) is 1.82. The second kappa shape index (κ2) is 4.79. The average Bonchev–Trinajstić information content (AvgIpc) is 3.03. The van der Waals surface area contributed by atoms with Crippen LogP contribution in [0.15, 0.2) is 18.3 Å². The number of pyridine rings is 1. The van der Waals surface area contributed by atoms with Crippen molar-refractivity contribution < 1.29 is 0 Å². The van der Waals surface area contributed by atoms with Crippen LogP contribution < -0.4 is 0 Å². The maximum Gasteiger partial charge on any atom is 0.0434 e. The quantitative estimate of drug-likeness (QED) is 0.534. The van der Waals surface area contributed by atoms with Gasteiger partial charge in [0, 0.05) is 23.7 Å². The monoisotopic (exact) mass is 209 g/mol. The van der Waals surface area contributed by atoms with Gasteiger partial charge in [-0.3, -0.25) is 4.98 Å². The van der Waals surface area contributed by atoms with E-state index in [4.69, 9.17) is 11.6 Å². The van der Waals surface area contributed by atoms with Crippen LogP contribution in [0.4, 0.5) is 0 Å². The summed E-state index contributed by atoms with van der Waals surface area (Å²) in [6.45, 7) is 0. The van der Waals surface area contributed by atoms with Gasteiger partial charge < -0.3 is 0 Å². The number of nitrogens with zero attached hydrogens (tertiary/aromatic N) is 1. The summed E-state index contributed by atoms with van der Waals surface area (Å²) < 4.78 is 0. The van der Waals surface area contributed by atoms with Crippen molar-refractivity contribution in [2.75, 3.05) is 5.88 Å². The summed E-state index contributed by atoms with van der Waals surface area (Å²) in [6.07, 6.45) is 8.09. The topological polar surface area (TPSA) is 12.9 Å². The fraction of sp³-hybridized carbons (Fsp3) is 0.583. The fourth-order valence-electron chi connectivity index (χ4n) is 1.63. The number of alkyl halides is 1. The van der Waals surface area contributed by atoms with Gasteiger partial charge in [0.05, 0.1) is 0 Å². The second-order valence-electron chi connectivity index (χ2n) is 4.01. The van der Waals surface area contributed by atoms with E-state index in [9.17, 15) is 0 Å². The highest BCUT2D eigenvalue weighted by Crippen LogP contribution is 2.38. The number of aromatic nitrogens is 1. The van der Waals surface area contributed by atoms with Gasteiger partial charge in [0.2, 0.25) is 0 Å². The Bertz CT molecular complexity index is 277. The minimum atomic E-state index is 0.770. The Balaban J connectivity index is 1.86. The lowest BCUT2D eigenvalue weighted by atomic mass is 10.1. The smallest absolute Gasteiger partial charge is 0.0434 e. The van der Waals surface area contributed by atoms with Gasteiger partial charge in [0.25, 0.3) is 0 Å². The maximum atomic E-state index is 5.63. The molecule has 2 rings (SSSR count). The van der Waals surface area contributed by atoms with Crippen LogP contribution in [0.5, 0.6) is 0 Å². The number of halogens is 1. The first-order valence-electron chi connectivity index (χ1n) is 5.41. The van der Waals surface area contributed by atoms with Gasteiger partial charge in [-0.05, 0) is 43.7 Å². The van der Waals surface area contributed by atoms with E-state index in [2.05, 4.69) is 17.1 Å². The third kappa shape index (κ3) is 2.71. The van der Waals surface area contributed by atoms with Gasteiger partial charge in [0.15, 0.2) is 0 Å². The van der Waals surface area contributed by atoms with Crippen LogP contribution in [0.25, 0.3) is 0 Å². The van der Waals surface area contributed by atoms with Gasteiger partial charge in [-0.1, -0.05) is 6.07 Å². The molecule has 0 radical (unpaired) electrons. The Kier molecular flexibility index (Phi) is 3.41. The molecule has 1 saturated carbocycles. The van der Waals surface area contributed by atoms with Crippen molar-refractivity contribution in [1.82, 2.24) is 4.98 Å². The number of rotatable bonds is 5. The molecule has 0 aromatic carbocycles. The Hall–Kier alpha value is -0.560. The Labute approximate surface area is 90.5 Å². The minimum Gasteiger partial charge on any atom is -0.261 e. The maximum absolute atomic E-state index is 5.63. The minimum absolute atomic E-state index is 0.770. The molecule has 1 aromatic heterocycles. The van der Waals surface area contributed by atoms with Crippen molar-refractivity contribution in [1.29, 1.82) is 0 Å². The van der Waals surface area contributed by atoms with Crippen LogP contribution in [0.3, 0.4) is 0 Å². The summed E-state index contributed by atoms with van der Waals surface area (Å²) >= 11 is 5.63. The van der Waals surface area contributed by atoms with Crippen molar-refractivity contribution >= 4 is 11.6 Å². The number of unbranched alkanes of at least 4 members (excludes halogenated alkanes) is 1. The van der Waals surface area contributed by atoms with E-state index < -0.39 is 0 Å². The van der Waals surface area contributed by atoms with E-state index in [1.807, 2.05) is 6.20 Å². The van der Waals surface area contributed by atoms with E-state index in [0.29, 0.717) is 0 Å². The van der Waals surface area contributed by atoms with Crippen LogP contribution >= 0.6 is 11.6 Å². The molecule has 0 saturated heterocycles. The summed E-state index contributed by atoms with van der Waals surface area (Å²) in [7, 11) is 0. The molecule has 0 amide bonds. The summed E-state index contributed by atoms with van der Waals surface area (Å²) in [5, 5.41) is 0. The molecule has 1 nitrogen and oxygen atoms in total. The predicted octanol–water partition coefficient (Wildman–Crippen LogP) is 3.52. The lowest BCUT2D eigenvalue weighted by Gasteiger charge is -2.01. The van der Waals surface area contributed by atoms with Gasteiger partial charge in [0.1, 0.15) is 0 Å². The molecular formula is C12H16ClN. The molecule has 76 valence electrons. The normalized spacial score (nSPS) is 15.8. The van der Waals surface area contributed by atoms with Crippen molar-refractivity contribution in [3.63, 3.8) is 0 Å². The third-order valence-electron chi connectivity index (χ3n) is 2.69. The Morgan fingerprint density at radius 2 is 2.14 bits per heavy atom. The molecule has 0 aliphatic heterocycles. The van der Waals surface area contributed by atoms with Crippen LogP contribution in [-0.2, 0) is 6.42 Å². The zero-order chi connectivity index (χ0) is 9.80. The zero-order valence-corrected chi connectivity index (χ0v) is 9.13. The van der Waals surface area contributed by atoms with E-state index in [-0.39, 0.29) is 0 Å². The molecular weight excluding hydrogens is 194 g/mol. The first kappa shape index (κ1) is 9.97. The molecule has 0 bridgehead atoms. The molecule has 0 atom stereocenters. The number of hydrogen-bond acceptors (Lipinski definition) is 1. The van der Waals surface area contributed by atoms with Crippen molar-refractivity contribution in [3.8, 4) is 0 Å². The third-order valence-corrected chi connectivity index (χ3v) is 2.96. The zero-order valence-electron chi connectivity index (χ0n) is 8.38. The molecule has 2 heteroatoms. The standard InChI is InChI=1S/C12H16ClN/c13-8-2-1-3-10-4-7-12(14-9-10)11-5-6-11/h4,7,9,11H,1-3,5-6,8H2. The summed E-state index contributed by atoms with van der Waals surface area (Å²) in [5.41, 5.74) is 2.63. The summed E-state index contributed by atoms with van der Waals surface area (Å²) in [4.78, 5) is 4.49. The molecule has 14 heavy (non-hydrogen) atoms. The van der Waals surface area contributed by atoms with Gasteiger partial charge in [-0.25, -0.2) is 0 Å². The second-order valence-corrected chi connectivity index (χ2v) is 4.39. The summed E-state index contributed by atoms with van der Waals surface area (Å²) in [6, 6.07) is 4.41. The predicted molar refractivity (Wildman–Crippen MR) is 59.9 cm³/mol. The molecule has 1 aliphatic rings. The van der Waals surface area contributed by atoms with Crippen LogP contribution in [0.2, 0.25) is 0 Å². The lowest BCUT2D eigenvalue weighted by molar-refractivity contribution is 0.794. The molecule has 0 spiro atoms. The van der Waals surface area contributed by atoms with Crippen molar-refractivity contribution in [3.05, 3.63) is 29.6 Å². The molecule has 1 fully saturated rings. The van der Waals surface area contributed by atoms with Crippen molar-refractivity contribution in [2.24, 2.45) is 0 Å². The lowest BCUT2D eigenvalue weighted by Crippen LogP contribution is -1.91. The van der Waals surface area contributed by atoms with Crippen LogP contribution in [0, 0.1) is 0 Å². The van der Waals surface area contributed by atoms with E-state index in [1.165, 1.54) is 30.5 Å². The number of hydrogen-bond donors (Lipinski definition) is 0. The highest BCUT2D eigenvalue weighted by atomic mass is 35.5. The van der Waals surface area contributed by atoms with E-state index in [0.717, 1.165) is 24.6 Å². The van der Waals surface area contributed by atoms with Gasteiger partial charge in [-0.15, -0.1) is 11.6 Å². The van der Waals surface area contributed by atoms with E-state index in [1.54, 1.807) is 0 Å². The Morgan fingerprint density at radius 1 is 1.29 bits per heavy atom. The van der Waals surface area contributed by atoms with Gasteiger partial charge >= 0.3 is 0 Å². The van der Waals surface area contributed by atoms with E-state index >= 15 is 0 Å². The highest BCUT2D eigenvalue weighted by Gasteiger charge is 2.24. The first-order valence-corrected chi connectivity index (χ1v) is 5.94. The first-order chi connectivity index (χ1) is 6.90. The molecule has 1 heterocycles. The molecule has 1 aromatic rings. The summed E-state index contributed by atoms with van der Waals surface area (Å²) in [5.74, 6) is 1.54. The SMILES string of the molecule is ClCCCCc1ccc(C2CC2)nc1. The van der Waals surface area contributed by atoms with Crippen LogP contribution in [-0.4, -0.2) is 10.9 Å². The molecule has 0 unspecified atom stereocenters. The number of aryl methyl sites for hydroxylation is 1. The Morgan fingerprint density at radius 3 is 2.71 bits per heavy atom. The highest BCUT2D eigenvalue weighted by molar-refractivity contribution is 6.17.